The van der Waals surface area contributed by atoms with Crippen molar-refractivity contribution in [1.29, 1.82) is 0 Å². The molecule has 122 valence electrons. The fourth-order valence-corrected chi connectivity index (χ4v) is 3.34. The van der Waals surface area contributed by atoms with Gasteiger partial charge in [0, 0.05) is 34.7 Å². The number of carbonyl (C=O) groups excluding carboxylic acids is 2. The van der Waals surface area contributed by atoms with Gasteiger partial charge < -0.3 is 5.32 Å². The topological polar surface area (TPSA) is 46.2 Å². The van der Waals surface area contributed by atoms with E-state index in [-0.39, 0.29) is 30.3 Å². The van der Waals surface area contributed by atoms with E-state index < -0.39 is 0 Å². The van der Waals surface area contributed by atoms with Gasteiger partial charge in [-0.05, 0) is 44.0 Å². The van der Waals surface area contributed by atoms with Gasteiger partial charge in [-0.1, -0.05) is 12.1 Å². The van der Waals surface area contributed by atoms with Crippen LogP contribution in [-0.2, 0) is 11.2 Å². The van der Waals surface area contributed by atoms with Gasteiger partial charge in [0.15, 0.2) is 5.78 Å². The molecule has 0 saturated carbocycles. The molecule has 0 bridgehead atoms. The molecule has 0 saturated heterocycles. The number of hydrogen-bond acceptors (Lipinski definition) is 3. The highest BCUT2D eigenvalue weighted by atomic mass is 32.1. The Morgan fingerprint density at radius 3 is 2.61 bits per heavy atom. The molecular weight excluding hydrogens is 313 g/mol. The van der Waals surface area contributed by atoms with Crippen LogP contribution in [0.5, 0.6) is 0 Å². The van der Waals surface area contributed by atoms with Crippen molar-refractivity contribution in [3.05, 3.63) is 57.0 Å². The Morgan fingerprint density at radius 1 is 1.17 bits per heavy atom. The molecule has 0 aliphatic heterocycles. The zero-order chi connectivity index (χ0) is 16.8. The van der Waals surface area contributed by atoms with E-state index in [4.69, 9.17) is 0 Å². The number of nitrogens with one attached hydrogen (secondary N) is 1. The van der Waals surface area contributed by atoms with Gasteiger partial charge in [-0.3, -0.25) is 9.59 Å². The summed E-state index contributed by atoms with van der Waals surface area (Å²) in [6.07, 6.45) is 0.958. The quantitative estimate of drug-likeness (QED) is 0.783. The molecule has 1 aromatic heterocycles. The molecular formula is C18H20FNO2S. The third-order valence-electron chi connectivity index (χ3n) is 3.55. The summed E-state index contributed by atoms with van der Waals surface area (Å²) < 4.78 is 13.0. The summed E-state index contributed by atoms with van der Waals surface area (Å²) >= 11 is 1.59. The SMILES string of the molecule is Cc1cc(C(=O)CCC(=O)NCCc2cccc(F)c2)c(C)s1. The van der Waals surface area contributed by atoms with Crippen molar-refractivity contribution in [2.24, 2.45) is 0 Å². The van der Waals surface area contributed by atoms with Gasteiger partial charge in [0.1, 0.15) is 5.82 Å². The van der Waals surface area contributed by atoms with E-state index in [0.29, 0.717) is 13.0 Å². The minimum atomic E-state index is -0.277. The van der Waals surface area contributed by atoms with E-state index in [1.807, 2.05) is 26.0 Å². The molecule has 1 N–H and O–H groups in total. The number of carbonyl (C=O) groups is 2. The Balaban J connectivity index is 1.73. The van der Waals surface area contributed by atoms with Crippen LogP contribution in [0, 0.1) is 19.7 Å². The first-order chi connectivity index (χ1) is 11.0. The Bertz CT molecular complexity index is 709. The van der Waals surface area contributed by atoms with Crippen molar-refractivity contribution >= 4 is 23.0 Å². The van der Waals surface area contributed by atoms with Gasteiger partial charge in [-0.25, -0.2) is 4.39 Å². The van der Waals surface area contributed by atoms with Crippen molar-refractivity contribution in [2.75, 3.05) is 6.54 Å². The predicted molar refractivity (Wildman–Crippen MR) is 90.5 cm³/mol. The van der Waals surface area contributed by atoms with Gasteiger partial charge in [0.25, 0.3) is 0 Å². The lowest BCUT2D eigenvalue weighted by Crippen LogP contribution is -2.26. The van der Waals surface area contributed by atoms with Crippen LogP contribution in [0.2, 0.25) is 0 Å². The molecule has 5 heteroatoms. The average Bonchev–Trinajstić information content (AvgIpc) is 2.84. The van der Waals surface area contributed by atoms with Gasteiger partial charge >= 0.3 is 0 Å². The zero-order valence-electron chi connectivity index (χ0n) is 13.3. The molecule has 2 rings (SSSR count). The van der Waals surface area contributed by atoms with Crippen LogP contribution in [0.4, 0.5) is 4.39 Å². The number of Topliss-reactive ketones (excluding diaryl/α,β-unsaturated/α-hetero) is 1. The summed E-state index contributed by atoms with van der Waals surface area (Å²) in [5.74, 6) is -0.424. The molecule has 0 radical (unpaired) electrons. The van der Waals surface area contributed by atoms with Crippen LogP contribution in [0.25, 0.3) is 0 Å². The number of ketones is 1. The van der Waals surface area contributed by atoms with Crippen molar-refractivity contribution < 1.29 is 14.0 Å². The third kappa shape index (κ3) is 5.28. The number of benzene rings is 1. The first-order valence-electron chi connectivity index (χ1n) is 7.57. The molecule has 23 heavy (non-hydrogen) atoms. The highest BCUT2D eigenvalue weighted by Crippen LogP contribution is 2.22. The lowest BCUT2D eigenvalue weighted by molar-refractivity contribution is -0.121. The minimum absolute atomic E-state index is 0.00660. The Kier molecular flexibility index (Phi) is 6.04. The number of aryl methyl sites for hydroxylation is 2. The van der Waals surface area contributed by atoms with E-state index in [1.165, 1.54) is 12.1 Å². The molecule has 1 aromatic carbocycles. The Morgan fingerprint density at radius 2 is 1.96 bits per heavy atom. The van der Waals surface area contributed by atoms with Crippen molar-refractivity contribution in [1.82, 2.24) is 5.32 Å². The highest BCUT2D eigenvalue weighted by molar-refractivity contribution is 7.12. The molecule has 0 atom stereocenters. The summed E-state index contributed by atoms with van der Waals surface area (Å²) in [5, 5.41) is 2.77. The summed E-state index contributed by atoms with van der Waals surface area (Å²) in [6, 6.07) is 8.19. The average molecular weight is 333 g/mol. The van der Waals surface area contributed by atoms with Gasteiger partial charge in [0.05, 0.1) is 0 Å². The van der Waals surface area contributed by atoms with Crippen molar-refractivity contribution in [3.8, 4) is 0 Å². The smallest absolute Gasteiger partial charge is 0.220 e. The summed E-state index contributed by atoms with van der Waals surface area (Å²) in [7, 11) is 0. The number of rotatable bonds is 7. The van der Waals surface area contributed by atoms with E-state index in [2.05, 4.69) is 5.32 Å². The molecule has 3 nitrogen and oxygen atoms in total. The lowest BCUT2D eigenvalue weighted by atomic mass is 10.1. The first-order valence-corrected chi connectivity index (χ1v) is 8.38. The van der Waals surface area contributed by atoms with Crippen LogP contribution >= 0.6 is 11.3 Å². The fraction of sp³-hybridized carbons (Fsp3) is 0.333. The number of halogens is 1. The van der Waals surface area contributed by atoms with Gasteiger partial charge in [-0.15, -0.1) is 11.3 Å². The maximum absolute atomic E-state index is 13.0. The maximum atomic E-state index is 13.0. The molecule has 0 aliphatic rings. The molecule has 0 aliphatic carbocycles. The predicted octanol–water partition coefficient (Wildman–Crippen LogP) is 3.83. The van der Waals surface area contributed by atoms with Crippen molar-refractivity contribution in [2.45, 2.75) is 33.1 Å². The number of thiophene rings is 1. The zero-order valence-corrected chi connectivity index (χ0v) is 14.1. The van der Waals surface area contributed by atoms with E-state index >= 15 is 0 Å². The second kappa shape index (κ2) is 8.02. The third-order valence-corrected chi connectivity index (χ3v) is 4.51. The van der Waals surface area contributed by atoms with Gasteiger partial charge in [-0.2, -0.15) is 0 Å². The van der Waals surface area contributed by atoms with Gasteiger partial charge in [0.2, 0.25) is 5.91 Å². The molecule has 0 spiro atoms. The summed E-state index contributed by atoms with van der Waals surface area (Å²) in [5.41, 5.74) is 1.56. The number of hydrogen-bond donors (Lipinski definition) is 1. The van der Waals surface area contributed by atoms with E-state index in [1.54, 1.807) is 17.4 Å². The molecule has 0 unspecified atom stereocenters. The number of amides is 1. The van der Waals surface area contributed by atoms with E-state index in [9.17, 15) is 14.0 Å². The first kappa shape index (κ1) is 17.3. The van der Waals surface area contributed by atoms with Crippen LogP contribution in [0.3, 0.4) is 0 Å². The fourth-order valence-electron chi connectivity index (χ4n) is 2.40. The second-order valence-electron chi connectivity index (χ2n) is 5.48. The highest BCUT2D eigenvalue weighted by Gasteiger charge is 2.13. The largest absolute Gasteiger partial charge is 0.356 e. The Labute approximate surface area is 139 Å². The summed E-state index contributed by atoms with van der Waals surface area (Å²) in [4.78, 5) is 26.0. The standard InChI is InChI=1S/C18H20FNO2S/c1-12-10-16(13(2)23-12)17(21)6-7-18(22)20-9-8-14-4-3-5-15(19)11-14/h3-5,10-11H,6-9H2,1-2H3,(H,20,22). The molecule has 0 fully saturated rings. The monoisotopic (exact) mass is 333 g/mol. The summed E-state index contributed by atoms with van der Waals surface area (Å²) in [6.45, 7) is 4.32. The molecule has 2 aromatic rings. The lowest BCUT2D eigenvalue weighted by Gasteiger charge is -2.05. The van der Waals surface area contributed by atoms with Crippen molar-refractivity contribution in [3.63, 3.8) is 0 Å². The Hall–Kier alpha value is -2.01. The maximum Gasteiger partial charge on any atom is 0.220 e. The second-order valence-corrected chi connectivity index (χ2v) is 6.94. The molecule has 1 heterocycles. The van der Waals surface area contributed by atoms with E-state index in [0.717, 1.165) is 20.9 Å². The van der Waals surface area contributed by atoms with Crippen LogP contribution in [0.1, 0.15) is 38.5 Å². The van der Waals surface area contributed by atoms with Crippen LogP contribution in [-0.4, -0.2) is 18.2 Å². The normalized spacial score (nSPS) is 10.6. The van der Waals surface area contributed by atoms with Crippen LogP contribution in [0.15, 0.2) is 30.3 Å². The molecule has 1 amide bonds. The minimum Gasteiger partial charge on any atom is -0.356 e. The van der Waals surface area contributed by atoms with Crippen LogP contribution < -0.4 is 5.32 Å².